The van der Waals surface area contributed by atoms with E-state index >= 15 is 0 Å². The van der Waals surface area contributed by atoms with Crippen LogP contribution in [0.15, 0.2) is 0 Å². The lowest BCUT2D eigenvalue weighted by Gasteiger charge is -2.22. The molecule has 3 N–H and O–H groups in total. The van der Waals surface area contributed by atoms with E-state index in [0.717, 1.165) is 19.3 Å². The van der Waals surface area contributed by atoms with Gasteiger partial charge in [-0.2, -0.15) is 0 Å². The lowest BCUT2D eigenvalue weighted by atomic mass is 9.95. The third-order valence-electron chi connectivity index (χ3n) is 2.70. The van der Waals surface area contributed by atoms with Gasteiger partial charge in [0.1, 0.15) is 6.61 Å². The van der Waals surface area contributed by atoms with Crippen molar-refractivity contribution in [1.82, 2.24) is 5.32 Å². The fourth-order valence-corrected chi connectivity index (χ4v) is 1.87. The molecule has 0 unspecified atom stereocenters. The zero-order chi connectivity index (χ0) is 10.9. The van der Waals surface area contributed by atoms with E-state index in [1.54, 1.807) is 0 Å². The molecule has 0 saturated heterocycles. The molecule has 0 aromatic carbocycles. The molecule has 0 aliphatic heterocycles. The van der Waals surface area contributed by atoms with Gasteiger partial charge >= 0.3 is 0 Å². The van der Waals surface area contributed by atoms with E-state index in [2.05, 4.69) is 5.32 Å². The molecule has 15 heavy (non-hydrogen) atoms. The van der Waals surface area contributed by atoms with E-state index in [-0.39, 0.29) is 12.5 Å². The smallest absolute Gasteiger partial charge is 0.246 e. The first-order valence-corrected chi connectivity index (χ1v) is 5.90. The number of rotatable bonds is 6. The van der Waals surface area contributed by atoms with Gasteiger partial charge in [-0.05, 0) is 25.8 Å². The highest BCUT2D eigenvalue weighted by Gasteiger charge is 2.15. The van der Waals surface area contributed by atoms with Crippen LogP contribution in [-0.2, 0) is 9.53 Å². The first-order chi connectivity index (χ1) is 7.33. The number of amides is 1. The number of nitrogens with one attached hydrogen (secondary N) is 1. The van der Waals surface area contributed by atoms with Crippen molar-refractivity contribution >= 4 is 5.91 Å². The molecule has 4 heteroatoms. The molecule has 88 valence electrons. The first kappa shape index (κ1) is 12.5. The summed E-state index contributed by atoms with van der Waals surface area (Å²) in [5.74, 6) is 0.0129. The van der Waals surface area contributed by atoms with Gasteiger partial charge in [0.05, 0.1) is 0 Å². The monoisotopic (exact) mass is 214 g/mol. The summed E-state index contributed by atoms with van der Waals surface area (Å²) in [5, 5.41) is 3.00. The van der Waals surface area contributed by atoms with Crippen molar-refractivity contribution in [2.45, 2.75) is 44.6 Å². The maximum Gasteiger partial charge on any atom is 0.246 e. The normalized spacial score (nSPS) is 17.7. The van der Waals surface area contributed by atoms with Crippen molar-refractivity contribution in [2.24, 2.45) is 5.73 Å². The molecular formula is C11H22N2O2. The van der Waals surface area contributed by atoms with Crippen LogP contribution in [0.1, 0.15) is 38.5 Å². The van der Waals surface area contributed by atoms with Crippen LogP contribution in [0.5, 0.6) is 0 Å². The van der Waals surface area contributed by atoms with Crippen LogP contribution in [0.4, 0.5) is 0 Å². The fraction of sp³-hybridized carbons (Fsp3) is 0.909. The van der Waals surface area contributed by atoms with Crippen molar-refractivity contribution in [3.63, 3.8) is 0 Å². The van der Waals surface area contributed by atoms with Gasteiger partial charge in [-0.25, -0.2) is 0 Å². The Bertz CT molecular complexity index is 179. The van der Waals surface area contributed by atoms with Gasteiger partial charge in [0, 0.05) is 12.6 Å². The average Bonchev–Trinajstić information content (AvgIpc) is 2.26. The molecule has 0 aromatic heterocycles. The second-order valence-corrected chi connectivity index (χ2v) is 4.10. The standard InChI is InChI=1S/C11H22N2O2/c12-7-4-8-15-9-11(14)13-10-5-2-1-3-6-10/h10H,1-9,12H2,(H,13,14). The number of ether oxygens (including phenoxy) is 1. The summed E-state index contributed by atoms with van der Waals surface area (Å²) in [7, 11) is 0. The molecule has 1 saturated carbocycles. The Hall–Kier alpha value is -0.610. The molecule has 1 aliphatic carbocycles. The van der Waals surface area contributed by atoms with Gasteiger partial charge in [0.25, 0.3) is 0 Å². The predicted molar refractivity (Wildman–Crippen MR) is 59.5 cm³/mol. The molecule has 1 aliphatic rings. The summed E-state index contributed by atoms with van der Waals surface area (Å²) in [4.78, 5) is 11.4. The Balaban J connectivity index is 2.01. The average molecular weight is 214 g/mol. The Morgan fingerprint density at radius 3 is 2.73 bits per heavy atom. The van der Waals surface area contributed by atoms with Crippen LogP contribution < -0.4 is 11.1 Å². The molecule has 0 heterocycles. The van der Waals surface area contributed by atoms with Crippen LogP contribution in [0.25, 0.3) is 0 Å². The molecular weight excluding hydrogens is 192 g/mol. The second-order valence-electron chi connectivity index (χ2n) is 4.10. The minimum Gasteiger partial charge on any atom is -0.372 e. The summed E-state index contributed by atoms with van der Waals surface area (Å²) >= 11 is 0. The first-order valence-electron chi connectivity index (χ1n) is 5.90. The molecule has 1 amide bonds. The van der Waals surface area contributed by atoms with Crippen molar-refractivity contribution in [1.29, 1.82) is 0 Å². The Labute approximate surface area is 91.5 Å². The summed E-state index contributed by atoms with van der Waals surface area (Å²) in [6, 6.07) is 0.379. The molecule has 0 bridgehead atoms. The van der Waals surface area contributed by atoms with Crippen LogP contribution in [-0.4, -0.2) is 31.7 Å². The highest BCUT2D eigenvalue weighted by atomic mass is 16.5. The van der Waals surface area contributed by atoms with Gasteiger partial charge in [0.15, 0.2) is 0 Å². The maximum absolute atomic E-state index is 11.4. The Morgan fingerprint density at radius 2 is 2.07 bits per heavy atom. The number of hydrogen-bond donors (Lipinski definition) is 2. The van der Waals surface area contributed by atoms with Crippen molar-refractivity contribution in [2.75, 3.05) is 19.8 Å². The van der Waals surface area contributed by atoms with Crippen LogP contribution in [0, 0.1) is 0 Å². The zero-order valence-corrected chi connectivity index (χ0v) is 9.34. The van der Waals surface area contributed by atoms with Crippen molar-refractivity contribution < 1.29 is 9.53 Å². The van der Waals surface area contributed by atoms with Gasteiger partial charge in [-0.15, -0.1) is 0 Å². The van der Waals surface area contributed by atoms with Crippen LogP contribution >= 0.6 is 0 Å². The molecule has 1 fully saturated rings. The molecule has 1 rings (SSSR count). The van der Waals surface area contributed by atoms with E-state index in [1.165, 1.54) is 19.3 Å². The highest BCUT2D eigenvalue weighted by Crippen LogP contribution is 2.17. The third-order valence-corrected chi connectivity index (χ3v) is 2.70. The summed E-state index contributed by atoms with van der Waals surface area (Å²) in [5.41, 5.74) is 5.31. The topological polar surface area (TPSA) is 64.3 Å². The molecule has 0 radical (unpaired) electrons. The second kappa shape index (κ2) is 7.65. The lowest BCUT2D eigenvalue weighted by molar-refractivity contribution is -0.126. The summed E-state index contributed by atoms with van der Waals surface area (Å²) in [6.07, 6.45) is 6.83. The molecule has 0 spiro atoms. The molecule has 0 aromatic rings. The van der Waals surface area contributed by atoms with E-state index in [1.807, 2.05) is 0 Å². The zero-order valence-electron chi connectivity index (χ0n) is 9.34. The summed E-state index contributed by atoms with van der Waals surface area (Å²) in [6.45, 7) is 1.37. The minimum atomic E-state index is 0.0129. The Kier molecular flexibility index (Phi) is 6.36. The fourth-order valence-electron chi connectivity index (χ4n) is 1.87. The number of nitrogens with two attached hydrogens (primary N) is 1. The number of carbonyl (C=O) groups excluding carboxylic acids is 1. The van der Waals surface area contributed by atoms with Gasteiger partial charge in [-0.3, -0.25) is 4.79 Å². The van der Waals surface area contributed by atoms with Crippen molar-refractivity contribution in [3.8, 4) is 0 Å². The van der Waals surface area contributed by atoms with Crippen LogP contribution in [0.3, 0.4) is 0 Å². The lowest BCUT2D eigenvalue weighted by Crippen LogP contribution is -2.38. The van der Waals surface area contributed by atoms with Crippen molar-refractivity contribution in [3.05, 3.63) is 0 Å². The van der Waals surface area contributed by atoms with Gasteiger partial charge in [-0.1, -0.05) is 19.3 Å². The third kappa shape index (κ3) is 5.74. The van der Waals surface area contributed by atoms with Crippen LogP contribution in [0.2, 0.25) is 0 Å². The van der Waals surface area contributed by atoms with Gasteiger partial charge in [0.2, 0.25) is 5.91 Å². The predicted octanol–water partition coefficient (Wildman–Crippen LogP) is 0.801. The highest BCUT2D eigenvalue weighted by molar-refractivity contribution is 5.77. The minimum absolute atomic E-state index is 0.0129. The van der Waals surface area contributed by atoms with E-state index in [4.69, 9.17) is 10.5 Å². The van der Waals surface area contributed by atoms with Gasteiger partial charge < -0.3 is 15.8 Å². The molecule has 4 nitrogen and oxygen atoms in total. The maximum atomic E-state index is 11.4. The van der Waals surface area contributed by atoms with E-state index < -0.39 is 0 Å². The molecule has 0 atom stereocenters. The number of hydrogen-bond acceptors (Lipinski definition) is 3. The Morgan fingerprint density at radius 1 is 1.33 bits per heavy atom. The van der Waals surface area contributed by atoms with E-state index in [0.29, 0.717) is 19.2 Å². The number of carbonyl (C=O) groups is 1. The summed E-state index contributed by atoms with van der Waals surface area (Å²) < 4.78 is 5.19. The largest absolute Gasteiger partial charge is 0.372 e. The quantitative estimate of drug-likeness (QED) is 0.643. The SMILES string of the molecule is NCCCOCC(=O)NC1CCCCC1. The van der Waals surface area contributed by atoms with E-state index in [9.17, 15) is 4.79 Å².